The summed E-state index contributed by atoms with van der Waals surface area (Å²) in [4.78, 5) is 21.2. The first-order valence-corrected chi connectivity index (χ1v) is 4.73. The van der Waals surface area contributed by atoms with Gasteiger partial charge in [-0.05, 0) is 17.7 Å². The molecule has 0 heterocycles. The van der Waals surface area contributed by atoms with Crippen LogP contribution in [0.4, 0.5) is 0 Å². The van der Waals surface area contributed by atoms with Gasteiger partial charge in [-0.2, -0.15) is 0 Å². The number of methoxy groups -OCH3 is 1. The molecule has 0 saturated carbocycles. The minimum absolute atomic E-state index is 0.128. The van der Waals surface area contributed by atoms with Crippen LogP contribution < -0.4 is 4.74 Å². The number of aldehydes is 1. The number of benzene rings is 1. The van der Waals surface area contributed by atoms with Crippen LogP contribution in [0.3, 0.4) is 0 Å². The lowest BCUT2D eigenvalue weighted by Crippen LogP contribution is -2.27. The van der Waals surface area contributed by atoms with E-state index in [0.717, 1.165) is 0 Å². The van der Waals surface area contributed by atoms with E-state index in [1.54, 1.807) is 0 Å². The molecule has 1 aromatic carbocycles. The molecule has 0 radical (unpaired) electrons. The van der Waals surface area contributed by atoms with Gasteiger partial charge in [0.25, 0.3) is 0 Å². The van der Waals surface area contributed by atoms with Crippen molar-refractivity contribution in [1.29, 1.82) is 0 Å². The number of aliphatic carboxylic acids is 1. The molecule has 0 aliphatic heterocycles. The van der Waals surface area contributed by atoms with Gasteiger partial charge in [0.05, 0.1) is 12.7 Å². The maximum atomic E-state index is 10.7. The number of rotatable bonds is 5. The Bertz CT molecular complexity index is 428. The van der Waals surface area contributed by atoms with E-state index >= 15 is 0 Å². The lowest BCUT2D eigenvalue weighted by atomic mass is 10.0. The fraction of sp³-hybridized carbons (Fsp3) is 0.273. The van der Waals surface area contributed by atoms with Gasteiger partial charge in [-0.15, -0.1) is 0 Å². The Balaban J connectivity index is 3.07. The Kier molecular flexibility index (Phi) is 4.19. The molecule has 0 spiro atoms. The van der Waals surface area contributed by atoms with Crippen LogP contribution in [-0.4, -0.2) is 40.8 Å². The SMILES string of the molecule is COc1ccc(C(O)C(O)C(=O)O)cc1C=O. The summed E-state index contributed by atoms with van der Waals surface area (Å²) in [5.74, 6) is -1.23. The lowest BCUT2D eigenvalue weighted by Gasteiger charge is -2.15. The Morgan fingerprint density at radius 1 is 1.41 bits per heavy atom. The maximum absolute atomic E-state index is 10.7. The van der Waals surface area contributed by atoms with E-state index in [9.17, 15) is 14.7 Å². The van der Waals surface area contributed by atoms with E-state index < -0.39 is 18.2 Å². The maximum Gasteiger partial charge on any atom is 0.335 e. The third-order valence-corrected chi connectivity index (χ3v) is 2.27. The monoisotopic (exact) mass is 240 g/mol. The predicted molar refractivity (Wildman–Crippen MR) is 57.0 cm³/mol. The summed E-state index contributed by atoms with van der Waals surface area (Å²) in [6.07, 6.45) is -3.03. The third-order valence-electron chi connectivity index (χ3n) is 2.27. The first-order chi connectivity index (χ1) is 8.01. The van der Waals surface area contributed by atoms with Crippen LogP contribution in [-0.2, 0) is 4.79 Å². The average molecular weight is 240 g/mol. The summed E-state index contributed by atoms with van der Waals surface area (Å²) in [6.45, 7) is 0. The van der Waals surface area contributed by atoms with Crippen molar-refractivity contribution in [3.63, 3.8) is 0 Å². The van der Waals surface area contributed by atoms with Crippen LogP contribution in [0, 0.1) is 0 Å². The van der Waals surface area contributed by atoms with E-state index in [0.29, 0.717) is 12.0 Å². The molecule has 6 nitrogen and oxygen atoms in total. The van der Waals surface area contributed by atoms with Crippen LogP contribution in [0.25, 0.3) is 0 Å². The van der Waals surface area contributed by atoms with E-state index in [1.165, 1.54) is 25.3 Å². The minimum atomic E-state index is -1.94. The number of hydrogen-bond acceptors (Lipinski definition) is 5. The van der Waals surface area contributed by atoms with Crippen LogP contribution in [0.15, 0.2) is 18.2 Å². The first kappa shape index (κ1) is 13.1. The lowest BCUT2D eigenvalue weighted by molar-refractivity contribution is -0.153. The molecule has 0 fully saturated rings. The highest BCUT2D eigenvalue weighted by atomic mass is 16.5. The molecule has 0 saturated heterocycles. The van der Waals surface area contributed by atoms with E-state index in [-0.39, 0.29) is 11.1 Å². The number of aliphatic hydroxyl groups is 2. The van der Waals surface area contributed by atoms with Crippen LogP contribution in [0.1, 0.15) is 22.0 Å². The topological polar surface area (TPSA) is 104 Å². The van der Waals surface area contributed by atoms with Crippen molar-refractivity contribution in [2.75, 3.05) is 7.11 Å². The Hall–Kier alpha value is -1.92. The van der Waals surface area contributed by atoms with Crippen molar-refractivity contribution >= 4 is 12.3 Å². The van der Waals surface area contributed by atoms with Crippen molar-refractivity contribution in [3.8, 4) is 5.75 Å². The number of carboxylic acids is 1. The zero-order chi connectivity index (χ0) is 13.0. The zero-order valence-corrected chi connectivity index (χ0v) is 9.03. The molecule has 1 aromatic rings. The van der Waals surface area contributed by atoms with Gasteiger partial charge < -0.3 is 20.1 Å². The summed E-state index contributed by atoms with van der Waals surface area (Å²) < 4.78 is 4.89. The largest absolute Gasteiger partial charge is 0.496 e. The first-order valence-electron chi connectivity index (χ1n) is 4.73. The molecule has 0 aliphatic rings. The highest BCUT2D eigenvalue weighted by Crippen LogP contribution is 2.23. The second-order valence-electron chi connectivity index (χ2n) is 3.35. The standard InChI is InChI=1S/C11H12O6/c1-17-8-3-2-6(4-7(8)5-12)9(13)10(14)11(15)16/h2-5,9-10,13-14H,1H3,(H,15,16). The van der Waals surface area contributed by atoms with Gasteiger partial charge in [0.1, 0.15) is 11.9 Å². The van der Waals surface area contributed by atoms with Crippen molar-refractivity contribution in [2.45, 2.75) is 12.2 Å². The zero-order valence-electron chi connectivity index (χ0n) is 9.03. The number of aliphatic hydroxyl groups excluding tert-OH is 2. The van der Waals surface area contributed by atoms with Crippen molar-refractivity contribution in [1.82, 2.24) is 0 Å². The smallest absolute Gasteiger partial charge is 0.335 e. The summed E-state index contributed by atoms with van der Waals surface area (Å²) in [5, 5.41) is 27.3. The van der Waals surface area contributed by atoms with E-state index in [2.05, 4.69) is 0 Å². The normalized spacial score (nSPS) is 13.8. The molecular weight excluding hydrogens is 228 g/mol. The van der Waals surface area contributed by atoms with Crippen molar-refractivity contribution in [3.05, 3.63) is 29.3 Å². The number of carbonyl (C=O) groups is 2. The third kappa shape index (κ3) is 2.80. The molecule has 0 bridgehead atoms. The van der Waals surface area contributed by atoms with Gasteiger partial charge in [-0.25, -0.2) is 4.79 Å². The Labute approximate surface area is 97.1 Å². The van der Waals surface area contributed by atoms with Gasteiger partial charge in [0.2, 0.25) is 0 Å². The molecule has 0 amide bonds. The summed E-state index contributed by atoms with van der Waals surface area (Å²) >= 11 is 0. The molecule has 6 heteroatoms. The quantitative estimate of drug-likeness (QED) is 0.625. The van der Waals surface area contributed by atoms with Gasteiger partial charge in [-0.3, -0.25) is 4.79 Å². The molecule has 0 aromatic heterocycles. The van der Waals surface area contributed by atoms with Crippen LogP contribution in [0.5, 0.6) is 5.75 Å². The molecule has 92 valence electrons. The fourth-order valence-electron chi connectivity index (χ4n) is 1.35. The summed E-state index contributed by atoms with van der Waals surface area (Å²) in [6, 6.07) is 4.06. The second kappa shape index (κ2) is 5.42. The van der Waals surface area contributed by atoms with Crippen LogP contribution in [0.2, 0.25) is 0 Å². The molecule has 2 unspecified atom stereocenters. The molecule has 3 N–H and O–H groups in total. The Morgan fingerprint density at radius 3 is 2.53 bits per heavy atom. The molecular formula is C11H12O6. The van der Waals surface area contributed by atoms with Gasteiger partial charge in [0, 0.05) is 0 Å². The summed E-state index contributed by atoms with van der Waals surface area (Å²) in [5.41, 5.74) is 0.296. The number of carbonyl (C=O) groups excluding carboxylic acids is 1. The predicted octanol–water partition coefficient (Wildman–Crippen LogP) is -0.0134. The van der Waals surface area contributed by atoms with Crippen molar-refractivity contribution < 1.29 is 29.6 Å². The van der Waals surface area contributed by atoms with Crippen LogP contribution >= 0.6 is 0 Å². The van der Waals surface area contributed by atoms with Gasteiger partial charge in [-0.1, -0.05) is 6.07 Å². The highest BCUT2D eigenvalue weighted by Gasteiger charge is 2.25. The fourth-order valence-corrected chi connectivity index (χ4v) is 1.35. The number of hydrogen-bond donors (Lipinski definition) is 3. The molecule has 2 atom stereocenters. The number of ether oxygens (including phenoxy) is 1. The second-order valence-corrected chi connectivity index (χ2v) is 3.35. The average Bonchev–Trinajstić information content (AvgIpc) is 2.35. The van der Waals surface area contributed by atoms with Gasteiger partial charge >= 0.3 is 5.97 Å². The molecule has 1 rings (SSSR count). The molecule has 17 heavy (non-hydrogen) atoms. The minimum Gasteiger partial charge on any atom is -0.496 e. The Morgan fingerprint density at radius 2 is 2.06 bits per heavy atom. The van der Waals surface area contributed by atoms with Gasteiger partial charge in [0.15, 0.2) is 12.4 Å². The van der Waals surface area contributed by atoms with E-state index in [1.807, 2.05) is 0 Å². The van der Waals surface area contributed by atoms with Crippen molar-refractivity contribution in [2.24, 2.45) is 0 Å². The number of carboxylic acid groups (broad SMARTS) is 1. The summed E-state index contributed by atoms with van der Waals surface area (Å²) in [7, 11) is 1.38. The highest BCUT2D eigenvalue weighted by molar-refractivity contribution is 5.80. The van der Waals surface area contributed by atoms with E-state index in [4.69, 9.17) is 14.9 Å². The molecule has 0 aliphatic carbocycles.